The fourth-order valence-electron chi connectivity index (χ4n) is 2.19. The van der Waals surface area contributed by atoms with Crippen molar-refractivity contribution >= 4 is 11.3 Å². The Morgan fingerprint density at radius 2 is 2.06 bits per heavy atom. The van der Waals surface area contributed by atoms with Gasteiger partial charge in [0.1, 0.15) is 0 Å². The Kier molecular flexibility index (Phi) is 6.78. The first-order chi connectivity index (χ1) is 8.19. The van der Waals surface area contributed by atoms with Crippen molar-refractivity contribution in [1.82, 2.24) is 10.2 Å². The van der Waals surface area contributed by atoms with Crippen LogP contribution in [0.2, 0.25) is 0 Å². The highest BCUT2D eigenvalue weighted by Gasteiger charge is 2.16. The van der Waals surface area contributed by atoms with Crippen molar-refractivity contribution in [3.8, 4) is 0 Å². The van der Waals surface area contributed by atoms with E-state index < -0.39 is 0 Å². The molecule has 1 unspecified atom stereocenters. The first-order valence-electron chi connectivity index (χ1n) is 6.64. The van der Waals surface area contributed by atoms with E-state index in [9.17, 15) is 0 Å². The van der Waals surface area contributed by atoms with Crippen LogP contribution in [0.1, 0.15) is 38.5 Å². The van der Waals surface area contributed by atoms with E-state index in [4.69, 9.17) is 0 Å². The van der Waals surface area contributed by atoms with E-state index in [0.29, 0.717) is 12.1 Å². The number of nitrogens with one attached hydrogen (secondary N) is 1. The number of thiophene rings is 1. The Balaban J connectivity index is 2.26. The van der Waals surface area contributed by atoms with Crippen molar-refractivity contribution in [2.75, 3.05) is 13.6 Å². The Morgan fingerprint density at radius 3 is 2.59 bits per heavy atom. The first kappa shape index (κ1) is 14.7. The molecule has 1 rings (SSSR count). The Bertz CT molecular complexity index is 280. The van der Waals surface area contributed by atoms with E-state index in [1.807, 2.05) is 11.3 Å². The smallest absolute Gasteiger partial charge is 0.0300 e. The van der Waals surface area contributed by atoms with Crippen LogP contribution >= 0.6 is 11.3 Å². The fraction of sp³-hybridized carbons (Fsp3) is 0.714. The second kappa shape index (κ2) is 7.85. The van der Waals surface area contributed by atoms with Crippen LogP contribution in [0.4, 0.5) is 0 Å². The summed E-state index contributed by atoms with van der Waals surface area (Å²) in [6.45, 7) is 8.91. The molecular weight excluding hydrogens is 228 g/mol. The highest BCUT2D eigenvalue weighted by atomic mass is 32.1. The molecule has 0 radical (unpaired) electrons. The summed E-state index contributed by atoms with van der Waals surface area (Å²) in [4.78, 5) is 3.92. The summed E-state index contributed by atoms with van der Waals surface area (Å²) in [6.07, 6.45) is 2.48. The number of likely N-dealkylation sites (N-methyl/N-ethyl adjacent to an activating group) is 1. The molecular formula is C14H26N2S. The number of nitrogens with zero attached hydrogens (tertiary/aromatic N) is 1. The van der Waals surface area contributed by atoms with E-state index in [0.717, 1.165) is 13.1 Å². The van der Waals surface area contributed by atoms with Crippen molar-refractivity contribution in [2.24, 2.45) is 0 Å². The minimum atomic E-state index is 0.597. The largest absolute Gasteiger partial charge is 0.310 e. The van der Waals surface area contributed by atoms with Gasteiger partial charge in [-0.2, -0.15) is 0 Å². The molecule has 0 aliphatic rings. The van der Waals surface area contributed by atoms with Gasteiger partial charge in [0, 0.05) is 30.1 Å². The van der Waals surface area contributed by atoms with Gasteiger partial charge in [-0.15, -0.1) is 11.3 Å². The van der Waals surface area contributed by atoms with Gasteiger partial charge in [0.05, 0.1) is 0 Å². The lowest BCUT2D eigenvalue weighted by Crippen LogP contribution is -2.43. The van der Waals surface area contributed by atoms with E-state index in [1.54, 1.807) is 0 Å². The average molecular weight is 254 g/mol. The van der Waals surface area contributed by atoms with Crippen LogP contribution in [0.25, 0.3) is 0 Å². The fourth-order valence-corrected chi connectivity index (χ4v) is 2.86. The normalized spacial score (nSPS) is 13.5. The summed E-state index contributed by atoms with van der Waals surface area (Å²) in [5.74, 6) is 0. The van der Waals surface area contributed by atoms with Crippen molar-refractivity contribution in [3.63, 3.8) is 0 Å². The molecule has 0 aliphatic heterocycles. The topological polar surface area (TPSA) is 15.3 Å². The van der Waals surface area contributed by atoms with E-state index in [2.05, 4.69) is 55.5 Å². The Hall–Kier alpha value is -0.380. The average Bonchev–Trinajstić information content (AvgIpc) is 2.83. The zero-order valence-electron chi connectivity index (χ0n) is 11.6. The standard InChI is InChI=1S/C14H26N2S/c1-5-13(6-2)16(4)12(3)10-15-11-14-8-7-9-17-14/h7-9,12-13,15H,5-6,10-11H2,1-4H3. The molecule has 0 aliphatic carbocycles. The lowest BCUT2D eigenvalue weighted by Gasteiger charge is -2.32. The third-order valence-corrected chi connectivity index (χ3v) is 4.41. The molecule has 17 heavy (non-hydrogen) atoms. The minimum absolute atomic E-state index is 0.597. The van der Waals surface area contributed by atoms with Gasteiger partial charge in [-0.05, 0) is 38.3 Å². The molecule has 2 nitrogen and oxygen atoms in total. The molecule has 1 aromatic heterocycles. The van der Waals surface area contributed by atoms with Gasteiger partial charge in [0.25, 0.3) is 0 Å². The van der Waals surface area contributed by atoms with Crippen molar-refractivity contribution in [1.29, 1.82) is 0 Å². The van der Waals surface area contributed by atoms with Crippen molar-refractivity contribution < 1.29 is 0 Å². The van der Waals surface area contributed by atoms with Gasteiger partial charge in [-0.25, -0.2) is 0 Å². The minimum Gasteiger partial charge on any atom is -0.310 e. The van der Waals surface area contributed by atoms with Crippen molar-refractivity contribution in [3.05, 3.63) is 22.4 Å². The Morgan fingerprint density at radius 1 is 1.35 bits per heavy atom. The number of hydrogen-bond donors (Lipinski definition) is 1. The zero-order chi connectivity index (χ0) is 12.7. The summed E-state index contributed by atoms with van der Waals surface area (Å²) in [5.41, 5.74) is 0. The van der Waals surface area contributed by atoms with E-state index in [1.165, 1.54) is 17.7 Å². The Labute approximate surface area is 110 Å². The molecule has 0 spiro atoms. The second-order valence-corrected chi connectivity index (χ2v) is 5.73. The van der Waals surface area contributed by atoms with Gasteiger partial charge in [-0.1, -0.05) is 19.9 Å². The van der Waals surface area contributed by atoms with Gasteiger partial charge >= 0.3 is 0 Å². The zero-order valence-corrected chi connectivity index (χ0v) is 12.4. The molecule has 3 heteroatoms. The maximum absolute atomic E-state index is 3.54. The molecule has 0 saturated carbocycles. The molecule has 1 atom stereocenters. The van der Waals surface area contributed by atoms with Crippen molar-refractivity contribution in [2.45, 2.75) is 52.2 Å². The monoisotopic (exact) mass is 254 g/mol. The molecule has 0 saturated heterocycles. The molecule has 98 valence electrons. The SMILES string of the molecule is CCC(CC)N(C)C(C)CNCc1cccs1. The van der Waals surface area contributed by atoms with Gasteiger partial charge in [-0.3, -0.25) is 4.90 Å². The molecule has 0 amide bonds. The first-order valence-corrected chi connectivity index (χ1v) is 7.52. The predicted octanol–water partition coefficient (Wildman–Crippen LogP) is 3.35. The van der Waals surface area contributed by atoms with Crippen LogP contribution in [0.5, 0.6) is 0 Å². The van der Waals surface area contributed by atoms with Crippen LogP contribution in [0.3, 0.4) is 0 Å². The lowest BCUT2D eigenvalue weighted by atomic mass is 10.1. The summed E-state index contributed by atoms with van der Waals surface area (Å²) in [5, 5.41) is 5.68. The molecule has 1 heterocycles. The lowest BCUT2D eigenvalue weighted by molar-refractivity contribution is 0.171. The molecule has 0 fully saturated rings. The highest BCUT2D eigenvalue weighted by Crippen LogP contribution is 2.10. The van der Waals surface area contributed by atoms with Gasteiger partial charge in [0.15, 0.2) is 0 Å². The van der Waals surface area contributed by atoms with Crippen LogP contribution in [-0.4, -0.2) is 30.6 Å². The molecule has 0 aromatic carbocycles. The second-order valence-electron chi connectivity index (χ2n) is 4.70. The van der Waals surface area contributed by atoms with Crippen LogP contribution < -0.4 is 5.32 Å². The van der Waals surface area contributed by atoms with Crippen LogP contribution in [-0.2, 0) is 6.54 Å². The summed E-state index contributed by atoms with van der Waals surface area (Å²) in [7, 11) is 2.25. The third kappa shape index (κ3) is 4.78. The maximum atomic E-state index is 3.54. The molecule has 1 N–H and O–H groups in total. The highest BCUT2D eigenvalue weighted by molar-refractivity contribution is 7.09. The summed E-state index contributed by atoms with van der Waals surface area (Å²) >= 11 is 1.82. The predicted molar refractivity (Wildman–Crippen MR) is 77.6 cm³/mol. The van der Waals surface area contributed by atoms with Crippen LogP contribution in [0, 0.1) is 0 Å². The van der Waals surface area contributed by atoms with Gasteiger partial charge in [0.2, 0.25) is 0 Å². The molecule has 1 aromatic rings. The number of rotatable bonds is 8. The van der Waals surface area contributed by atoms with E-state index >= 15 is 0 Å². The maximum Gasteiger partial charge on any atom is 0.0300 e. The number of hydrogen-bond acceptors (Lipinski definition) is 3. The summed E-state index contributed by atoms with van der Waals surface area (Å²) in [6, 6.07) is 5.61. The third-order valence-electron chi connectivity index (χ3n) is 3.53. The van der Waals surface area contributed by atoms with E-state index in [-0.39, 0.29) is 0 Å². The summed E-state index contributed by atoms with van der Waals surface area (Å²) < 4.78 is 0. The van der Waals surface area contributed by atoms with Gasteiger partial charge < -0.3 is 5.32 Å². The molecule has 0 bridgehead atoms. The van der Waals surface area contributed by atoms with Crippen LogP contribution in [0.15, 0.2) is 17.5 Å². The quantitative estimate of drug-likeness (QED) is 0.765.